The molecule has 23 heteroatoms. The number of H-pyrrole nitrogens is 1. The van der Waals surface area contributed by atoms with Crippen LogP contribution in [0.25, 0.3) is 11.2 Å². The minimum absolute atomic E-state index is 0.103. The minimum Gasteiger partial charge on any atom is -0.388 e. The number of fused-ring (bicyclic) bond motifs is 1. The van der Waals surface area contributed by atoms with Crippen LogP contribution in [0.4, 0.5) is 5.95 Å². The highest BCUT2D eigenvalue weighted by Gasteiger charge is 2.49. The van der Waals surface area contributed by atoms with Crippen LogP contribution < -0.4 is 16.6 Å². The van der Waals surface area contributed by atoms with E-state index in [0.717, 1.165) is 17.8 Å². The number of carbonyl (C=O) groups excluding carboxylic acids is 1. The first-order chi connectivity index (χ1) is 19.0. The number of nitrogens with two attached hydrogens (primary N) is 1. The van der Waals surface area contributed by atoms with Gasteiger partial charge in [-0.2, -0.15) is 9.29 Å². The van der Waals surface area contributed by atoms with Gasteiger partial charge in [0.1, 0.15) is 30.5 Å². The monoisotopic (exact) mass is 630 g/mol. The van der Waals surface area contributed by atoms with Gasteiger partial charge in [-0.1, -0.05) is 0 Å². The third kappa shape index (κ3) is 6.83. The van der Waals surface area contributed by atoms with Gasteiger partial charge in [0, 0.05) is 6.92 Å². The molecule has 0 spiro atoms. The average Bonchev–Trinajstić information content (AvgIpc) is 3.38. The third-order valence-corrected chi connectivity index (χ3v) is 8.73. The summed E-state index contributed by atoms with van der Waals surface area (Å²) in [5.74, 6) is -0.829. The number of hydrogen-bond donors (Lipinski definition) is 9. The summed E-state index contributed by atoms with van der Waals surface area (Å²) in [5, 5.41) is 43.6. The molecule has 0 aromatic carbocycles. The van der Waals surface area contributed by atoms with E-state index < -0.39 is 88.9 Å². The summed E-state index contributed by atoms with van der Waals surface area (Å²) < 4.78 is 50.0. The highest BCUT2D eigenvalue weighted by atomic mass is 31.3. The number of anilines is 1. The zero-order valence-corrected chi connectivity index (χ0v) is 22.9. The van der Waals surface area contributed by atoms with Crippen LogP contribution in [-0.4, -0.2) is 111 Å². The first-order valence-corrected chi connectivity index (χ1v) is 14.7. The number of rotatable bonds is 9. The number of phosphoric ester groups is 2. The summed E-state index contributed by atoms with van der Waals surface area (Å²) in [6.45, 7) is 1.52. The number of aliphatic hydroxyl groups excluding tert-OH is 4. The van der Waals surface area contributed by atoms with Crippen LogP contribution in [0.2, 0.25) is 0 Å². The van der Waals surface area contributed by atoms with E-state index in [1.807, 2.05) is 0 Å². The molecular formula is C18H28N6O15P2. The van der Waals surface area contributed by atoms with Crippen molar-refractivity contribution in [3.05, 3.63) is 16.7 Å². The molecule has 21 nitrogen and oxygen atoms in total. The van der Waals surface area contributed by atoms with Crippen molar-refractivity contribution in [2.45, 2.75) is 69.0 Å². The largest absolute Gasteiger partial charge is 0.483 e. The van der Waals surface area contributed by atoms with Crippen molar-refractivity contribution >= 4 is 38.7 Å². The Kier molecular flexibility index (Phi) is 9.03. The molecule has 0 aliphatic carbocycles. The van der Waals surface area contributed by atoms with Crippen LogP contribution in [0.5, 0.6) is 0 Å². The van der Waals surface area contributed by atoms with Gasteiger partial charge in [0.25, 0.3) is 5.56 Å². The van der Waals surface area contributed by atoms with Crippen LogP contribution >= 0.6 is 15.6 Å². The number of aromatic nitrogens is 4. The lowest BCUT2D eigenvalue weighted by Gasteiger charge is -2.41. The second kappa shape index (κ2) is 11.7. The molecule has 0 saturated carbocycles. The zero-order valence-electron chi connectivity index (χ0n) is 21.2. The van der Waals surface area contributed by atoms with Gasteiger partial charge < -0.3 is 50.7 Å². The molecule has 2 unspecified atom stereocenters. The number of hydrogen-bond acceptors (Lipinski definition) is 16. The first kappa shape index (κ1) is 31.6. The number of aromatic amines is 1. The Morgan fingerprint density at radius 3 is 2.49 bits per heavy atom. The molecule has 10 N–H and O–H groups in total. The fraction of sp³-hybridized carbons (Fsp3) is 0.667. The summed E-state index contributed by atoms with van der Waals surface area (Å²) >= 11 is 0. The van der Waals surface area contributed by atoms with Crippen molar-refractivity contribution in [1.82, 2.24) is 24.8 Å². The molecular weight excluding hydrogens is 602 g/mol. The Hall–Kier alpha value is -2.36. The molecule has 4 heterocycles. The Bertz CT molecular complexity index is 1440. The van der Waals surface area contributed by atoms with E-state index in [-0.39, 0.29) is 17.1 Å². The van der Waals surface area contributed by atoms with Crippen LogP contribution in [0, 0.1) is 0 Å². The van der Waals surface area contributed by atoms with Crippen LogP contribution in [0.1, 0.15) is 20.1 Å². The number of aliphatic hydroxyl groups is 4. The van der Waals surface area contributed by atoms with Gasteiger partial charge in [-0.05, 0) is 6.92 Å². The predicted molar refractivity (Wildman–Crippen MR) is 130 cm³/mol. The van der Waals surface area contributed by atoms with Crippen molar-refractivity contribution in [3.63, 3.8) is 0 Å². The van der Waals surface area contributed by atoms with Gasteiger partial charge in [-0.25, -0.2) is 14.1 Å². The quantitative estimate of drug-likeness (QED) is 0.122. The van der Waals surface area contributed by atoms with Crippen molar-refractivity contribution in [1.29, 1.82) is 0 Å². The summed E-state index contributed by atoms with van der Waals surface area (Å²) in [6.07, 6.45) is -12.1. The number of nitrogen functional groups attached to an aromatic ring is 1. The number of phosphoric acid groups is 2. The van der Waals surface area contributed by atoms with Gasteiger partial charge in [-0.15, -0.1) is 0 Å². The second-order valence-corrected chi connectivity index (χ2v) is 12.2. The van der Waals surface area contributed by atoms with Crippen molar-refractivity contribution in [2.75, 3.05) is 12.3 Å². The molecule has 0 bridgehead atoms. The van der Waals surface area contributed by atoms with E-state index in [4.69, 9.17) is 15.2 Å². The number of ether oxygens (including phenoxy) is 2. The van der Waals surface area contributed by atoms with Crippen LogP contribution in [0.15, 0.2) is 11.1 Å². The van der Waals surface area contributed by atoms with Crippen LogP contribution in [0.3, 0.4) is 0 Å². The highest BCUT2D eigenvalue weighted by Crippen LogP contribution is 2.61. The molecule has 2 aromatic rings. The third-order valence-electron chi connectivity index (χ3n) is 6.13. The summed E-state index contributed by atoms with van der Waals surface area (Å²) in [4.78, 5) is 53.2. The van der Waals surface area contributed by atoms with Crippen molar-refractivity contribution in [3.8, 4) is 0 Å². The lowest BCUT2D eigenvalue weighted by atomic mass is 9.97. The normalized spacial score (nSPS) is 35.2. The fourth-order valence-corrected chi connectivity index (χ4v) is 6.41. The molecule has 41 heavy (non-hydrogen) atoms. The van der Waals surface area contributed by atoms with E-state index >= 15 is 0 Å². The van der Waals surface area contributed by atoms with Gasteiger partial charge in [0.05, 0.1) is 25.1 Å². The lowest BCUT2D eigenvalue weighted by Crippen LogP contribution is -2.62. The smallest absolute Gasteiger partial charge is 0.388 e. The lowest BCUT2D eigenvalue weighted by molar-refractivity contribution is -0.246. The van der Waals surface area contributed by atoms with E-state index in [9.17, 15) is 48.9 Å². The van der Waals surface area contributed by atoms with Crippen LogP contribution in [-0.2, 0) is 36.8 Å². The van der Waals surface area contributed by atoms with Gasteiger partial charge in [0.15, 0.2) is 23.7 Å². The van der Waals surface area contributed by atoms with Gasteiger partial charge >= 0.3 is 15.6 Å². The summed E-state index contributed by atoms with van der Waals surface area (Å²) in [6, 6.07) is -1.11. The standard InChI is InChI=1S/C18H28N6O15P2/c1-5-8(21-6(2)25)11(27)13(29)17(36-5)38-41(33,34)39-40(31,32)35-3-7-10(26)12(28)16(37-7)24-4-20-9-14(24)22-18(19)23-15(9)30/h4-5,7-8,10-13,16-17,26-29H,3H2,1-2H3,(H,21,25)(H,31,32)(H,33,34)(H3,19,22,23,30)/t5-,7-,8-,10-,11+,12-,13+,16-,17-/m1/s1. The van der Waals surface area contributed by atoms with Gasteiger partial charge in [0.2, 0.25) is 11.9 Å². The first-order valence-electron chi connectivity index (χ1n) is 11.7. The summed E-state index contributed by atoms with van der Waals surface area (Å²) in [7, 11) is -11.0. The molecule has 230 valence electrons. The molecule has 11 atom stereocenters. The Balaban J connectivity index is 1.38. The number of carbonyl (C=O) groups is 1. The molecule has 4 rings (SSSR count). The molecule has 0 radical (unpaired) electrons. The number of nitrogens with zero attached hydrogens (tertiary/aromatic N) is 3. The van der Waals surface area contributed by atoms with Crippen molar-refractivity contribution < 1.29 is 67.0 Å². The van der Waals surface area contributed by atoms with E-state index in [1.165, 1.54) is 6.92 Å². The minimum atomic E-state index is -5.54. The Labute approximate surface area is 229 Å². The fourth-order valence-electron chi connectivity index (χ4n) is 4.25. The SMILES string of the molecule is CC(=O)N[C@H]1[C@H](O)[C@H](O)[C@@H](OP(=O)(O)OP(=O)(O)OC[C@H]2O[C@@H](n3cnc4c(=O)[nH]c(N)nc43)[C@H](O)[C@@H]2O)O[C@@H]1C. The van der Waals surface area contributed by atoms with E-state index in [2.05, 4.69) is 33.6 Å². The number of nitrogens with one attached hydrogen (secondary N) is 2. The Morgan fingerprint density at radius 1 is 1.15 bits per heavy atom. The highest BCUT2D eigenvalue weighted by molar-refractivity contribution is 7.61. The average molecular weight is 630 g/mol. The Morgan fingerprint density at radius 2 is 1.83 bits per heavy atom. The van der Waals surface area contributed by atoms with Crippen molar-refractivity contribution in [2.24, 2.45) is 0 Å². The second-order valence-electron chi connectivity index (χ2n) is 9.16. The van der Waals surface area contributed by atoms with E-state index in [1.54, 1.807) is 0 Å². The van der Waals surface area contributed by atoms with E-state index in [0.29, 0.717) is 0 Å². The molecule has 1 amide bonds. The maximum Gasteiger partial charge on any atom is 0.483 e. The molecule has 2 aliphatic heterocycles. The maximum atomic E-state index is 12.4. The molecule has 2 aliphatic rings. The molecule has 2 aromatic heterocycles. The zero-order chi connectivity index (χ0) is 30.4. The van der Waals surface area contributed by atoms with Gasteiger partial charge in [-0.3, -0.25) is 28.2 Å². The molecule has 2 fully saturated rings. The topological polar surface area (TPSA) is 320 Å². The number of amides is 1. The molecule has 2 saturated heterocycles. The maximum absolute atomic E-state index is 12.4. The summed E-state index contributed by atoms with van der Waals surface area (Å²) in [5.41, 5.74) is 4.59. The number of imidazole rings is 1. The predicted octanol–water partition coefficient (Wildman–Crippen LogP) is -3.46.